The first kappa shape index (κ1) is 16.8. The van der Waals surface area contributed by atoms with Crippen LogP contribution in [0.3, 0.4) is 0 Å². The van der Waals surface area contributed by atoms with Crippen molar-refractivity contribution in [3.8, 4) is 0 Å². The van der Waals surface area contributed by atoms with Crippen molar-refractivity contribution in [3.05, 3.63) is 95.7 Å². The molecule has 0 atom stereocenters. The van der Waals surface area contributed by atoms with Gasteiger partial charge in [0.25, 0.3) is 0 Å². The van der Waals surface area contributed by atoms with Gasteiger partial charge in [-0.25, -0.2) is 0 Å². The third kappa shape index (κ3) is 4.46. The first-order valence-electron chi connectivity index (χ1n) is 7.94. The van der Waals surface area contributed by atoms with E-state index in [0.29, 0.717) is 0 Å². The van der Waals surface area contributed by atoms with Gasteiger partial charge >= 0.3 is 0 Å². The van der Waals surface area contributed by atoms with Crippen LogP contribution in [-0.4, -0.2) is 0 Å². The molecule has 0 unspecified atom stereocenters. The van der Waals surface area contributed by atoms with Crippen molar-refractivity contribution in [1.29, 1.82) is 0 Å². The molecule has 0 amide bonds. The Morgan fingerprint density at radius 3 is 1.61 bits per heavy atom. The molecule has 0 fully saturated rings. The number of rotatable bonds is 5. The molecular weight excluding hydrogens is 278 g/mol. The summed E-state index contributed by atoms with van der Waals surface area (Å²) in [5.74, 6) is 0. The summed E-state index contributed by atoms with van der Waals surface area (Å²) >= 11 is 0. The largest absolute Gasteiger partial charge is 0.311 e. The van der Waals surface area contributed by atoms with E-state index in [1.165, 1.54) is 11.1 Å². The molecule has 0 saturated heterocycles. The summed E-state index contributed by atoms with van der Waals surface area (Å²) in [6.07, 6.45) is 6.28. The van der Waals surface area contributed by atoms with Crippen molar-refractivity contribution < 1.29 is 0 Å². The van der Waals surface area contributed by atoms with Crippen LogP contribution in [0.5, 0.6) is 0 Å². The summed E-state index contributed by atoms with van der Waals surface area (Å²) in [4.78, 5) is 2.26. The predicted octanol–water partition coefficient (Wildman–Crippen LogP) is 6.48. The van der Waals surface area contributed by atoms with Crippen LogP contribution < -0.4 is 4.90 Å². The standard InChI is InChI=1S/C22H25N/c1-6-20(12-7-17(2)3)23(21-13-8-18(4)9-14-21)22-15-10-19(5)11-16-22/h6-16H,2H2,1,3-5H3/b12-7-,20-6+. The summed E-state index contributed by atoms with van der Waals surface area (Å²) in [6.45, 7) is 12.2. The first-order chi connectivity index (χ1) is 11.0. The van der Waals surface area contributed by atoms with Crippen LogP contribution in [0.15, 0.2) is 84.6 Å². The van der Waals surface area contributed by atoms with E-state index >= 15 is 0 Å². The van der Waals surface area contributed by atoms with Gasteiger partial charge in [-0.05, 0) is 58.0 Å². The molecule has 23 heavy (non-hydrogen) atoms. The minimum Gasteiger partial charge on any atom is -0.311 e. The number of nitrogens with zero attached hydrogens (tertiary/aromatic N) is 1. The van der Waals surface area contributed by atoms with E-state index in [9.17, 15) is 0 Å². The lowest BCUT2D eigenvalue weighted by atomic mass is 10.1. The highest BCUT2D eigenvalue weighted by molar-refractivity contribution is 5.70. The van der Waals surface area contributed by atoms with E-state index in [2.05, 4.69) is 92.9 Å². The van der Waals surface area contributed by atoms with Crippen molar-refractivity contribution >= 4 is 11.4 Å². The molecule has 1 heteroatoms. The minimum atomic E-state index is 1.04. The zero-order chi connectivity index (χ0) is 16.8. The van der Waals surface area contributed by atoms with E-state index < -0.39 is 0 Å². The number of hydrogen-bond acceptors (Lipinski definition) is 1. The minimum absolute atomic E-state index is 1.04. The molecule has 118 valence electrons. The highest BCUT2D eigenvalue weighted by Gasteiger charge is 2.12. The van der Waals surface area contributed by atoms with Crippen LogP contribution in [0.25, 0.3) is 0 Å². The third-order valence-corrected chi connectivity index (χ3v) is 3.68. The third-order valence-electron chi connectivity index (χ3n) is 3.68. The van der Waals surface area contributed by atoms with Crippen LogP contribution in [0.2, 0.25) is 0 Å². The molecule has 2 aromatic rings. The molecule has 2 rings (SSSR count). The summed E-state index contributed by atoms with van der Waals surface area (Å²) < 4.78 is 0. The van der Waals surface area contributed by atoms with Gasteiger partial charge in [0.1, 0.15) is 0 Å². The maximum absolute atomic E-state index is 3.96. The van der Waals surface area contributed by atoms with Crippen molar-refractivity contribution in [2.75, 3.05) is 4.90 Å². The van der Waals surface area contributed by atoms with Gasteiger partial charge in [-0.2, -0.15) is 0 Å². The van der Waals surface area contributed by atoms with Crippen molar-refractivity contribution in [1.82, 2.24) is 0 Å². The molecule has 0 aliphatic heterocycles. The molecule has 0 heterocycles. The Morgan fingerprint density at radius 1 is 0.826 bits per heavy atom. The van der Waals surface area contributed by atoms with E-state index in [1.54, 1.807) is 0 Å². The predicted molar refractivity (Wildman–Crippen MR) is 102 cm³/mol. The molecule has 0 N–H and O–H groups in total. The molecule has 0 saturated carbocycles. The number of benzene rings is 2. The monoisotopic (exact) mass is 303 g/mol. The zero-order valence-electron chi connectivity index (χ0n) is 14.5. The Bertz CT molecular complexity index is 670. The highest BCUT2D eigenvalue weighted by atomic mass is 15.1. The quantitative estimate of drug-likeness (QED) is 0.571. The van der Waals surface area contributed by atoms with Gasteiger partial charge in [0.2, 0.25) is 0 Å². The fourth-order valence-electron chi connectivity index (χ4n) is 2.36. The van der Waals surface area contributed by atoms with Crippen molar-refractivity contribution in [3.63, 3.8) is 0 Å². The van der Waals surface area contributed by atoms with Crippen LogP contribution in [0.1, 0.15) is 25.0 Å². The highest BCUT2D eigenvalue weighted by Crippen LogP contribution is 2.31. The average Bonchev–Trinajstić information content (AvgIpc) is 2.54. The molecular formula is C22H25N. The molecule has 2 aromatic carbocycles. The van der Waals surface area contributed by atoms with Gasteiger partial charge < -0.3 is 4.90 Å². The average molecular weight is 303 g/mol. The van der Waals surface area contributed by atoms with Crippen LogP contribution in [0, 0.1) is 13.8 Å². The second kappa shape index (κ2) is 7.64. The summed E-state index contributed by atoms with van der Waals surface area (Å²) in [5, 5.41) is 0. The fourth-order valence-corrected chi connectivity index (χ4v) is 2.36. The second-order valence-electron chi connectivity index (χ2n) is 5.90. The Balaban J connectivity index is 2.52. The molecule has 0 aliphatic carbocycles. The SMILES string of the molecule is C=C(C)/C=C\C(=C/C)N(c1ccc(C)cc1)c1ccc(C)cc1. The smallest absolute Gasteiger partial charge is 0.0461 e. The molecule has 0 aromatic heterocycles. The van der Waals surface area contributed by atoms with E-state index in [1.807, 2.05) is 13.0 Å². The number of anilines is 2. The molecule has 0 bridgehead atoms. The molecule has 0 aliphatic rings. The lowest BCUT2D eigenvalue weighted by Crippen LogP contribution is -2.15. The summed E-state index contributed by atoms with van der Waals surface area (Å²) in [6, 6.07) is 17.2. The van der Waals surface area contributed by atoms with Gasteiger partial charge in [0, 0.05) is 17.1 Å². The molecule has 0 radical (unpaired) electrons. The van der Waals surface area contributed by atoms with E-state index in [-0.39, 0.29) is 0 Å². The summed E-state index contributed by atoms with van der Waals surface area (Å²) in [5.41, 5.74) is 6.99. The van der Waals surface area contributed by atoms with Gasteiger partial charge in [-0.1, -0.05) is 59.7 Å². The Hall–Kier alpha value is -2.54. The Morgan fingerprint density at radius 2 is 1.26 bits per heavy atom. The number of aryl methyl sites for hydroxylation is 2. The lowest BCUT2D eigenvalue weighted by molar-refractivity contribution is 1.19. The summed E-state index contributed by atoms with van der Waals surface area (Å²) in [7, 11) is 0. The maximum atomic E-state index is 3.96. The van der Waals surface area contributed by atoms with Gasteiger partial charge in [-0.3, -0.25) is 0 Å². The van der Waals surface area contributed by atoms with Gasteiger partial charge in [0.05, 0.1) is 0 Å². The number of allylic oxidation sites excluding steroid dienone is 4. The van der Waals surface area contributed by atoms with Crippen molar-refractivity contribution in [2.24, 2.45) is 0 Å². The fraction of sp³-hybridized carbons (Fsp3) is 0.182. The normalized spacial score (nSPS) is 11.7. The Kier molecular flexibility index (Phi) is 5.59. The number of hydrogen-bond donors (Lipinski definition) is 0. The van der Waals surface area contributed by atoms with Crippen LogP contribution in [-0.2, 0) is 0 Å². The van der Waals surface area contributed by atoms with Gasteiger partial charge in [-0.15, -0.1) is 0 Å². The van der Waals surface area contributed by atoms with Crippen LogP contribution in [0.4, 0.5) is 11.4 Å². The zero-order valence-corrected chi connectivity index (χ0v) is 14.5. The van der Waals surface area contributed by atoms with E-state index in [4.69, 9.17) is 0 Å². The molecule has 0 spiro atoms. The first-order valence-corrected chi connectivity index (χ1v) is 7.94. The second-order valence-corrected chi connectivity index (χ2v) is 5.90. The Labute approximate surface area is 140 Å². The van der Waals surface area contributed by atoms with Gasteiger partial charge in [0.15, 0.2) is 0 Å². The molecule has 1 nitrogen and oxygen atoms in total. The van der Waals surface area contributed by atoms with Crippen LogP contribution >= 0.6 is 0 Å². The van der Waals surface area contributed by atoms with E-state index in [0.717, 1.165) is 22.6 Å². The van der Waals surface area contributed by atoms with Crippen molar-refractivity contribution in [2.45, 2.75) is 27.7 Å². The topological polar surface area (TPSA) is 3.24 Å². The maximum Gasteiger partial charge on any atom is 0.0461 e. The lowest BCUT2D eigenvalue weighted by Gasteiger charge is -2.26.